The number of hydrogen-bond acceptors (Lipinski definition) is 2. The summed E-state index contributed by atoms with van der Waals surface area (Å²) in [4.78, 5) is 0. The first kappa shape index (κ1) is 14.1. The molecular formula is C15H14FN3S. The summed E-state index contributed by atoms with van der Waals surface area (Å²) in [6.45, 7) is 1.78. The highest BCUT2D eigenvalue weighted by Gasteiger charge is 2.00. The van der Waals surface area contributed by atoms with Crippen LogP contribution in [0.4, 0.5) is 10.1 Å². The Hall–Kier alpha value is -2.27. The van der Waals surface area contributed by atoms with Crippen LogP contribution in [0.25, 0.3) is 0 Å². The average Bonchev–Trinajstić information content (AvgIpc) is 2.46. The van der Waals surface area contributed by atoms with E-state index in [0.29, 0.717) is 16.4 Å². The lowest BCUT2D eigenvalue weighted by Gasteiger charge is -2.07. The molecule has 20 heavy (non-hydrogen) atoms. The van der Waals surface area contributed by atoms with Crippen molar-refractivity contribution in [3.05, 3.63) is 66.0 Å². The third-order valence-corrected chi connectivity index (χ3v) is 2.79. The highest BCUT2D eigenvalue weighted by Crippen LogP contribution is 2.06. The number of para-hydroxylation sites is 1. The zero-order valence-electron chi connectivity index (χ0n) is 10.9. The second kappa shape index (κ2) is 6.77. The fourth-order valence-corrected chi connectivity index (χ4v) is 1.76. The Morgan fingerprint density at radius 2 is 1.85 bits per heavy atom. The second-order valence-electron chi connectivity index (χ2n) is 4.14. The van der Waals surface area contributed by atoms with Crippen LogP contribution in [0.5, 0.6) is 0 Å². The number of halogens is 1. The van der Waals surface area contributed by atoms with E-state index in [2.05, 4.69) is 15.8 Å². The first-order valence-electron chi connectivity index (χ1n) is 6.07. The molecule has 0 atom stereocenters. The molecule has 0 unspecified atom stereocenters. The van der Waals surface area contributed by atoms with Gasteiger partial charge in [0, 0.05) is 11.3 Å². The molecule has 3 nitrogen and oxygen atoms in total. The minimum Gasteiger partial charge on any atom is -0.331 e. The fourth-order valence-electron chi connectivity index (χ4n) is 1.59. The highest BCUT2D eigenvalue weighted by atomic mass is 32.1. The zero-order valence-corrected chi connectivity index (χ0v) is 11.7. The second-order valence-corrected chi connectivity index (χ2v) is 4.55. The van der Waals surface area contributed by atoms with Gasteiger partial charge in [0.25, 0.3) is 0 Å². The van der Waals surface area contributed by atoms with Crippen molar-refractivity contribution in [1.82, 2.24) is 5.43 Å². The smallest absolute Gasteiger partial charge is 0.191 e. The summed E-state index contributed by atoms with van der Waals surface area (Å²) in [6.07, 6.45) is 0. The van der Waals surface area contributed by atoms with Gasteiger partial charge in [0.15, 0.2) is 5.11 Å². The molecule has 0 amide bonds. The summed E-state index contributed by atoms with van der Waals surface area (Å²) in [5.74, 6) is -0.290. The van der Waals surface area contributed by atoms with E-state index in [-0.39, 0.29) is 5.82 Å². The van der Waals surface area contributed by atoms with E-state index in [1.807, 2.05) is 30.3 Å². The van der Waals surface area contributed by atoms with Crippen molar-refractivity contribution in [3.8, 4) is 0 Å². The maximum Gasteiger partial charge on any atom is 0.191 e. The van der Waals surface area contributed by atoms with Crippen molar-refractivity contribution in [2.75, 3.05) is 5.32 Å². The summed E-state index contributed by atoms with van der Waals surface area (Å²) >= 11 is 5.13. The Morgan fingerprint density at radius 1 is 1.10 bits per heavy atom. The fraction of sp³-hybridized carbons (Fsp3) is 0.0667. The Bertz CT molecular complexity index is 626. The maximum atomic E-state index is 13.1. The average molecular weight is 287 g/mol. The van der Waals surface area contributed by atoms with Crippen LogP contribution in [0, 0.1) is 5.82 Å². The van der Waals surface area contributed by atoms with Gasteiger partial charge in [-0.25, -0.2) is 4.39 Å². The van der Waals surface area contributed by atoms with Crippen LogP contribution >= 0.6 is 12.2 Å². The number of nitrogens with zero attached hydrogens (tertiary/aromatic N) is 1. The largest absolute Gasteiger partial charge is 0.331 e. The normalized spacial score (nSPS) is 11.0. The Morgan fingerprint density at radius 3 is 2.55 bits per heavy atom. The lowest BCUT2D eigenvalue weighted by Crippen LogP contribution is -2.24. The van der Waals surface area contributed by atoms with Crippen molar-refractivity contribution >= 4 is 28.7 Å². The van der Waals surface area contributed by atoms with Gasteiger partial charge in [0.2, 0.25) is 0 Å². The van der Waals surface area contributed by atoms with Crippen LogP contribution < -0.4 is 10.7 Å². The zero-order chi connectivity index (χ0) is 14.4. The molecule has 2 aromatic carbocycles. The number of benzene rings is 2. The Kier molecular flexibility index (Phi) is 4.79. The van der Waals surface area contributed by atoms with Gasteiger partial charge in [0.1, 0.15) is 5.82 Å². The van der Waals surface area contributed by atoms with Crippen LogP contribution in [0.3, 0.4) is 0 Å². The molecule has 0 bridgehead atoms. The van der Waals surface area contributed by atoms with Gasteiger partial charge in [-0.2, -0.15) is 5.10 Å². The van der Waals surface area contributed by atoms with Gasteiger partial charge >= 0.3 is 0 Å². The minimum absolute atomic E-state index is 0.290. The summed E-state index contributed by atoms with van der Waals surface area (Å²) in [5, 5.41) is 7.51. The number of thiocarbonyl (C=S) groups is 1. The molecule has 0 aliphatic heterocycles. The topological polar surface area (TPSA) is 36.4 Å². The van der Waals surface area contributed by atoms with Crippen molar-refractivity contribution in [3.63, 3.8) is 0 Å². The number of nitrogens with one attached hydrogen (secondary N) is 2. The molecule has 0 aliphatic carbocycles. The monoisotopic (exact) mass is 287 g/mol. The molecule has 102 valence electrons. The number of rotatable bonds is 3. The lowest BCUT2D eigenvalue weighted by atomic mass is 10.1. The maximum absolute atomic E-state index is 13.1. The molecule has 0 saturated carbocycles. The van der Waals surface area contributed by atoms with Gasteiger partial charge in [0.05, 0.1) is 5.71 Å². The Labute approximate surface area is 122 Å². The number of anilines is 1. The van der Waals surface area contributed by atoms with E-state index in [0.717, 1.165) is 5.69 Å². The van der Waals surface area contributed by atoms with Gasteiger partial charge < -0.3 is 5.32 Å². The summed E-state index contributed by atoms with van der Waals surface area (Å²) in [6, 6.07) is 15.8. The first-order valence-corrected chi connectivity index (χ1v) is 6.48. The van der Waals surface area contributed by atoms with Crippen molar-refractivity contribution in [2.45, 2.75) is 6.92 Å². The molecule has 0 aromatic heterocycles. The summed E-state index contributed by atoms with van der Waals surface area (Å²) < 4.78 is 13.1. The minimum atomic E-state index is -0.290. The number of hydrazone groups is 1. The lowest BCUT2D eigenvalue weighted by molar-refractivity contribution is 0.627. The predicted octanol–water partition coefficient (Wildman–Crippen LogP) is 3.54. The van der Waals surface area contributed by atoms with E-state index in [4.69, 9.17) is 12.2 Å². The van der Waals surface area contributed by atoms with Crippen LogP contribution in [0.15, 0.2) is 59.7 Å². The molecule has 0 saturated heterocycles. The van der Waals surface area contributed by atoms with Gasteiger partial charge in [-0.15, -0.1) is 0 Å². The van der Waals surface area contributed by atoms with Gasteiger partial charge in [-0.1, -0.05) is 30.3 Å². The Balaban J connectivity index is 1.97. The predicted molar refractivity (Wildman–Crippen MR) is 84.4 cm³/mol. The molecule has 0 fully saturated rings. The first-order chi connectivity index (χ1) is 9.65. The molecule has 0 heterocycles. The van der Waals surface area contributed by atoms with E-state index < -0.39 is 0 Å². The van der Waals surface area contributed by atoms with E-state index in [1.54, 1.807) is 19.1 Å². The van der Waals surface area contributed by atoms with Gasteiger partial charge in [-0.3, -0.25) is 5.43 Å². The molecule has 2 aromatic rings. The standard InChI is InChI=1S/C15H14FN3S/c1-11(12-6-5-7-13(16)10-12)18-19-15(20)17-14-8-3-2-4-9-14/h2-10H,1H3,(H2,17,19,20)/b18-11+. The van der Waals surface area contributed by atoms with E-state index >= 15 is 0 Å². The van der Waals surface area contributed by atoms with Crippen molar-refractivity contribution < 1.29 is 4.39 Å². The highest BCUT2D eigenvalue weighted by molar-refractivity contribution is 7.80. The van der Waals surface area contributed by atoms with Crippen molar-refractivity contribution in [2.24, 2.45) is 5.10 Å². The molecule has 0 spiro atoms. The van der Waals surface area contributed by atoms with Crippen LogP contribution in [0.2, 0.25) is 0 Å². The van der Waals surface area contributed by atoms with Crippen molar-refractivity contribution in [1.29, 1.82) is 0 Å². The third kappa shape index (κ3) is 4.13. The molecule has 5 heteroatoms. The SMILES string of the molecule is C/C(=N\NC(=S)Nc1ccccc1)c1cccc(F)c1. The van der Waals surface area contributed by atoms with Crippen LogP contribution in [-0.2, 0) is 0 Å². The molecule has 2 rings (SSSR count). The quantitative estimate of drug-likeness (QED) is 0.515. The molecule has 0 radical (unpaired) electrons. The van der Waals surface area contributed by atoms with Gasteiger partial charge in [-0.05, 0) is 43.4 Å². The van der Waals surface area contributed by atoms with E-state index in [9.17, 15) is 4.39 Å². The summed E-state index contributed by atoms with van der Waals surface area (Å²) in [5.41, 5.74) is 4.98. The third-order valence-electron chi connectivity index (χ3n) is 2.60. The van der Waals surface area contributed by atoms with Crippen LogP contribution in [-0.4, -0.2) is 10.8 Å². The molecule has 2 N–H and O–H groups in total. The van der Waals surface area contributed by atoms with E-state index in [1.165, 1.54) is 12.1 Å². The summed E-state index contributed by atoms with van der Waals surface area (Å²) in [7, 11) is 0. The van der Waals surface area contributed by atoms with Crippen LogP contribution in [0.1, 0.15) is 12.5 Å². The molecular weight excluding hydrogens is 273 g/mol. The number of hydrogen-bond donors (Lipinski definition) is 2. The molecule has 0 aliphatic rings.